The molecule has 0 aliphatic heterocycles. The molecule has 0 fully saturated rings. The number of rotatable bonds is 10. The Morgan fingerprint density at radius 2 is 1.98 bits per heavy atom. The van der Waals surface area contributed by atoms with Crippen molar-refractivity contribution in [3.8, 4) is 17.3 Å². The predicted octanol–water partition coefficient (Wildman–Crippen LogP) is 3.41. The van der Waals surface area contributed by atoms with E-state index >= 15 is 0 Å². The standard InChI is InChI=1S/C25H22ClFN8O5S/c26-17-11-15(10-16(22(17)36)23(29)37)41(38,39)34-14-6-5-13(18(27)9-14)3-1-7-30-21-12-20(28)35-25(31-21)32-24(33-35)19-4-2-8-40-19/h2,4-6,8-12,34,36H,1,3,7,28H2,(H2,29,37)(H,30,31,32,33). The number of nitrogens with zero attached hydrogens (tertiary/aromatic N) is 4. The van der Waals surface area contributed by atoms with Crippen LogP contribution in [0.2, 0.25) is 5.02 Å². The van der Waals surface area contributed by atoms with E-state index in [4.69, 9.17) is 27.5 Å². The minimum atomic E-state index is -4.28. The molecule has 1 amide bonds. The molecular weight excluding hydrogens is 579 g/mol. The molecule has 0 bridgehead atoms. The molecule has 0 atom stereocenters. The second-order valence-electron chi connectivity index (χ2n) is 8.80. The quantitative estimate of drug-likeness (QED) is 0.148. The third-order valence-corrected chi connectivity index (χ3v) is 7.58. The number of carbonyl (C=O) groups is 1. The fourth-order valence-electron chi connectivity index (χ4n) is 3.93. The van der Waals surface area contributed by atoms with E-state index in [0.717, 1.165) is 18.2 Å². The number of nitrogens with two attached hydrogens (primary N) is 2. The molecular formula is C25H22ClFN8O5S. The number of carbonyl (C=O) groups excluding carboxylic acids is 1. The third kappa shape index (κ3) is 5.85. The van der Waals surface area contributed by atoms with Gasteiger partial charge in [0.05, 0.1) is 27.4 Å². The molecule has 0 saturated heterocycles. The van der Waals surface area contributed by atoms with Crippen LogP contribution < -0.4 is 21.5 Å². The van der Waals surface area contributed by atoms with Gasteiger partial charge in [0.15, 0.2) is 5.76 Å². The number of nitrogen functional groups attached to an aromatic ring is 1. The molecule has 3 aromatic heterocycles. The van der Waals surface area contributed by atoms with Crippen molar-refractivity contribution in [3.63, 3.8) is 0 Å². The Morgan fingerprint density at radius 3 is 2.68 bits per heavy atom. The molecule has 16 heteroatoms. The first-order valence-corrected chi connectivity index (χ1v) is 13.8. The molecule has 0 aliphatic rings. The van der Waals surface area contributed by atoms with Gasteiger partial charge in [-0.2, -0.15) is 14.5 Å². The average Bonchev–Trinajstić information content (AvgIpc) is 3.59. The lowest BCUT2D eigenvalue weighted by atomic mass is 10.1. The number of aryl methyl sites for hydroxylation is 1. The molecule has 5 aromatic rings. The van der Waals surface area contributed by atoms with Crippen molar-refractivity contribution >= 4 is 50.6 Å². The number of hydrogen-bond donors (Lipinski definition) is 5. The summed E-state index contributed by atoms with van der Waals surface area (Å²) >= 11 is 5.84. The summed E-state index contributed by atoms with van der Waals surface area (Å²) in [6.07, 6.45) is 2.36. The number of fused-ring (bicyclic) bond motifs is 1. The minimum absolute atomic E-state index is 0.0515. The maximum absolute atomic E-state index is 14.8. The van der Waals surface area contributed by atoms with Gasteiger partial charge in [-0.05, 0) is 54.8 Å². The first-order chi connectivity index (χ1) is 19.5. The van der Waals surface area contributed by atoms with Crippen LogP contribution >= 0.6 is 11.6 Å². The van der Waals surface area contributed by atoms with Gasteiger partial charge in [0, 0.05) is 12.6 Å². The van der Waals surface area contributed by atoms with Crippen LogP contribution in [0, 0.1) is 5.82 Å². The molecule has 5 rings (SSSR count). The number of aromatic nitrogens is 4. The summed E-state index contributed by atoms with van der Waals surface area (Å²) in [5, 5.41) is 16.9. The van der Waals surface area contributed by atoms with E-state index in [-0.39, 0.29) is 16.5 Å². The Bertz CT molecular complexity index is 1880. The van der Waals surface area contributed by atoms with Crippen LogP contribution in [0.4, 0.5) is 21.7 Å². The van der Waals surface area contributed by atoms with Crippen LogP contribution in [0.5, 0.6) is 5.75 Å². The second-order valence-corrected chi connectivity index (χ2v) is 10.9. The van der Waals surface area contributed by atoms with Crippen molar-refractivity contribution in [2.24, 2.45) is 5.73 Å². The third-order valence-electron chi connectivity index (χ3n) is 5.93. The van der Waals surface area contributed by atoms with Crippen LogP contribution in [-0.2, 0) is 16.4 Å². The molecule has 13 nitrogen and oxygen atoms in total. The summed E-state index contributed by atoms with van der Waals surface area (Å²) in [6.45, 7) is 0.430. The van der Waals surface area contributed by atoms with Gasteiger partial charge in [-0.15, -0.1) is 5.10 Å². The lowest BCUT2D eigenvalue weighted by Gasteiger charge is -2.12. The number of hydrogen-bond acceptors (Lipinski definition) is 10. The van der Waals surface area contributed by atoms with E-state index in [1.54, 1.807) is 18.2 Å². The maximum Gasteiger partial charge on any atom is 0.261 e. The van der Waals surface area contributed by atoms with E-state index in [2.05, 4.69) is 25.1 Å². The number of phenols is 1. The summed E-state index contributed by atoms with van der Waals surface area (Å²) in [6, 6.07) is 10.8. The van der Waals surface area contributed by atoms with E-state index in [0.29, 0.717) is 48.2 Å². The number of primary amides is 1. The van der Waals surface area contributed by atoms with Crippen molar-refractivity contribution in [1.29, 1.82) is 0 Å². The van der Waals surface area contributed by atoms with Crippen molar-refractivity contribution in [1.82, 2.24) is 19.6 Å². The highest BCUT2D eigenvalue weighted by Crippen LogP contribution is 2.31. The fourth-order valence-corrected chi connectivity index (χ4v) is 5.32. The van der Waals surface area contributed by atoms with Gasteiger partial charge in [-0.1, -0.05) is 17.7 Å². The Balaban J connectivity index is 1.21. The lowest BCUT2D eigenvalue weighted by molar-refractivity contribution is 0.0997. The second kappa shape index (κ2) is 10.9. The zero-order valence-corrected chi connectivity index (χ0v) is 22.6. The summed E-state index contributed by atoms with van der Waals surface area (Å²) < 4.78 is 49.3. The summed E-state index contributed by atoms with van der Waals surface area (Å²) in [7, 11) is -4.28. The highest BCUT2D eigenvalue weighted by Gasteiger charge is 2.21. The zero-order valence-electron chi connectivity index (χ0n) is 21.0. The van der Waals surface area contributed by atoms with Crippen molar-refractivity contribution < 1.29 is 27.1 Å². The number of aromatic hydroxyl groups is 1. The van der Waals surface area contributed by atoms with Crippen LogP contribution in [0.1, 0.15) is 22.3 Å². The maximum atomic E-state index is 14.8. The average molecular weight is 601 g/mol. The molecule has 212 valence electrons. The molecule has 0 radical (unpaired) electrons. The molecule has 0 unspecified atom stereocenters. The predicted molar refractivity (Wildman–Crippen MR) is 149 cm³/mol. The Labute approximate surface area is 237 Å². The van der Waals surface area contributed by atoms with Gasteiger partial charge in [0.25, 0.3) is 21.7 Å². The molecule has 2 aromatic carbocycles. The molecule has 0 saturated carbocycles. The molecule has 0 aliphatic carbocycles. The summed E-state index contributed by atoms with van der Waals surface area (Å²) in [5.74, 6) is -0.445. The first-order valence-electron chi connectivity index (χ1n) is 12.0. The van der Waals surface area contributed by atoms with Gasteiger partial charge in [-0.25, -0.2) is 12.8 Å². The highest BCUT2D eigenvalue weighted by molar-refractivity contribution is 7.92. The number of benzene rings is 2. The first kappa shape index (κ1) is 27.7. The van der Waals surface area contributed by atoms with E-state index in [1.807, 2.05) is 0 Å². The number of sulfonamides is 1. The zero-order chi connectivity index (χ0) is 29.3. The van der Waals surface area contributed by atoms with Gasteiger partial charge in [0.2, 0.25) is 5.82 Å². The number of halogens is 2. The number of amides is 1. The van der Waals surface area contributed by atoms with Crippen molar-refractivity contribution in [3.05, 3.63) is 76.8 Å². The van der Waals surface area contributed by atoms with Gasteiger partial charge < -0.3 is 26.3 Å². The Hall–Kier alpha value is -4.89. The van der Waals surface area contributed by atoms with Gasteiger partial charge in [0.1, 0.15) is 23.2 Å². The molecule has 7 N–H and O–H groups in total. The number of furan rings is 1. The minimum Gasteiger partial charge on any atom is -0.506 e. The summed E-state index contributed by atoms with van der Waals surface area (Å²) in [5.41, 5.74) is 11.1. The van der Waals surface area contributed by atoms with Crippen LogP contribution in [0.15, 0.2) is 64.1 Å². The normalized spacial score (nSPS) is 11.6. The SMILES string of the molecule is NC(=O)c1cc(S(=O)(=O)Nc2ccc(CCCNc3cc(N)n4nc(-c5ccco5)nc4n3)c(F)c2)cc(Cl)c1O. The van der Waals surface area contributed by atoms with E-state index in [9.17, 15) is 22.7 Å². The Morgan fingerprint density at radius 1 is 1.17 bits per heavy atom. The van der Waals surface area contributed by atoms with E-state index < -0.39 is 38.0 Å². The van der Waals surface area contributed by atoms with Crippen LogP contribution in [-0.4, -0.2) is 45.6 Å². The van der Waals surface area contributed by atoms with Crippen LogP contribution in [0.3, 0.4) is 0 Å². The highest BCUT2D eigenvalue weighted by atomic mass is 35.5. The van der Waals surface area contributed by atoms with Crippen molar-refractivity contribution in [2.45, 2.75) is 17.7 Å². The van der Waals surface area contributed by atoms with Crippen molar-refractivity contribution in [2.75, 3.05) is 22.3 Å². The monoisotopic (exact) mass is 600 g/mol. The van der Waals surface area contributed by atoms with Gasteiger partial charge in [-0.3, -0.25) is 9.52 Å². The molecule has 3 heterocycles. The largest absolute Gasteiger partial charge is 0.506 e. The topological polar surface area (TPSA) is 204 Å². The summed E-state index contributed by atoms with van der Waals surface area (Å²) in [4.78, 5) is 19.8. The Kier molecular flexibility index (Phi) is 7.38. The molecule has 0 spiro atoms. The number of anilines is 3. The smallest absolute Gasteiger partial charge is 0.261 e. The van der Waals surface area contributed by atoms with E-state index in [1.165, 1.54) is 22.9 Å². The molecule has 41 heavy (non-hydrogen) atoms. The van der Waals surface area contributed by atoms with Gasteiger partial charge >= 0.3 is 0 Å². The fraction of sp³-hybridized carbons (Fsp3) is 0.120. The van der Waals surface area contributed by atoms with Crippen LogP contribution in [0.25, 0.3) is 17.4 Å². The number of nitrogens with one attached hydrogen (secondary N) is 2. The lowest BCUT2D eigenvalue weighted by Crippen LogP contribution is -2.16.